The Hall–Kier alpha value is -3.66. The van der Waals surface area contributed by atoms with Crippen molar-refractivity contribution in [1.82, 2.24) is 4.98 Å². The molecule has 1 amide bonds. The summed E-state index contributed by atoms with van der Waals surface area (Å²) in [6.07, 6.45) is 3.67. The number of hydrogen-bond donors (Lipinski definition) is 0. The van der Waals surface area contributed by atoms with Gasteiger partial charge in [0.1, 0.15) is 5.75 Å². The van der Waals surface area contributed by atoms with Crippen LogP contribution in [0.1, 0.15) is 22.3 Å². The monoisotopic (exact) mass is 394 g/mol. The Labute approximate surface area is 175 Å². The van der Waals surface area contributed by atoms with Crippen LogP contribution in [-0.2, 0) is 6.42 Å². The van der Waals surface area contributed by atoms with E-state index >= 15 is 0 Å². The lowest BCUT2D eigenvalue weighted by atomic mass is 9.89. The molecule has 0 spiro atoms. The zero-order chi connectivity index (χ0) is 20.5. The zero-order valence-electron chi connectivity index (χ0n) is 16.8. The normalized spacial score (nSPS) is 13.2. The van der Waals surface area contributed by atoms with Gasteiger partial charge in [0.15, 0.2) is 0 Å². The summed E-state index contributed by atoms with van der Waals surface area (Å²) in [7, 11) is 1.67. The van der Waals surface area contributed by atoms with E-state index in [1.165, 1.54) is 5.56 Å². The van der Waals surface area contributed by atoms with Gasteiger partial charge in [-0.3, -0.25) is 9.78 Å². The Balaban J connectivity index is 1.72. The second-order valence-electron chi connectivity index (χ2n) is 7.48. The van der Waals surface area contributed by atoms with Gasteiger partial charge in [-0.25, -0.2) is 0 Å². The summed E-state index contributed by atoms with van der Waals surface area (Å²) in [5.74, 6) is 0.862. The number of rotatable bonds is 3. The molecule has 4 nitrogen and oxygen atoms in total. The van der Waals surface area contributed by atoms with Gasteiger partial charge in [0, 0.05) is 23.7 Å². The molecule has 4 aromatic rings. The maximum absolute atomic E-state index is 13.4. The minimum Gasteiger partial charge on any atom is -0.497 e. The van der Waals surface area contributed by atoms with Gasteiger partial charge in [-0.05, 0) is 72.0 Å². The van der Waals surface area contributed by atoms with Crippen LogP contribution in [0.3, 0.4) is 0 Å². The van der Waals surface area contributed by atoms with Crippen LogP contribution < -0.4 is 9.64 Å². The van der Waals surface area contributed by atoms with Gasteiger partial charge < -0.3 is 9.64 Å². The number of nitrogens with zero attached hydrogens (tertiary/aromatic N) is 2. The van der Waals surface area contributed by atoms with Crippen LogP contribution >= 0.6 is 0 Å². The third kappa shape index (κ3) is 3.11. The third-order valence-corrected chi connectivity index (χ3v) is 5.73. The number of fused-ring (bicyclic) bond motifs is 3. The van der Waals surface area contributed by atoms with Crippen molar-refractivity contribution in [2.75, 3.05) is 18.6 Å². The molecule has 0 saturated heterocycles. The summed E-state index contributed by atoms with van der Waals surface area (Å²) in [6, 6.07) is 23.7. The predicted molar refractivity (Wildman–Crippen MR) is 120 cm³/mol. The number of carbonyl (C=O) groups excluding carboxylic acids is 1. The largest absolute Gasteiger partial charge is 0.497 e. The van der Waals surface area contributed by atoms with Crippen molar-refractivity contribution in [3.05, 3.63) is 90.1 Å². The highest BCUT2D eigenvalue weighted by Gasteiger charge is 2.28. The number of amides is 1. The molecule has 0 N–H and O–H groups in total. The topological polar surface area (TPSA) is 42.4 Å². The van der Waals surface area contributed by atoms with Gasteiger partial charge in [-0.2, -0.15) is 0 Å². The average molecular weight is 394 g/mol. The van der Waals surface area contributed by atoms with E-state index in [0.717, 1.165) is 46.3 Å². The van der Waals surface area contributed by atoms with Crippen molar-refractivity contribution in [2.45, 2.75) is 12.8 Å². The number of methoxy groups -OCH3 is 1. The summed E-state index contributed by atoms with van der Waals surface area (Å²) in [4.78, 5) is 20.0. The van der Waals surface area contributed by atoms with Crippen LogP contribution in [0.4, 0.5) is 5.69 Å². The van der Waals surface area contributed by atoms with Crippen LogP contribution in [0.25, 0.3) is 22.0 Å². The fourth-order valence-corrected chi connectivity index (χ4v) is 4.30. The molecule has 1 aliphatic rings. The number of anilines is 1. The van der Waals surface area contributed by atoms with Crippen molar-refractivity contribution in [3.8, 4) is 16.9 Å². The average Bonchev–Trinajstić information content (AvgIpc) is 2.83. The van der Waals surface area contributed by atoms with Crippen molar-refractivity contribution in [1.29, 1.82) is 0 Å². The number of carbonyl (C=O) groups is 1. The molecule has 148 valence electrons. The van der Waals surface area contributed by atoms with Crippen LogP contribution in [0.15, 0.2) is 79.0 Å². The molecular formula is C26H22N2O2. The van der Waals surface area contributed by atoms with Crippen LogP contribution in [0, 0.1) is 0 Å². The van der Waals surface area contributed by atoms with Crippen LogP contribution in [-0.4, -0.2) is 24.5 Å². The zero-order valence-corrected chi connectivity index (χ0v) is 16.8. The van der Waals surface area contributed by atoms with Crippen molar-refractivity contribution in [2.24, 2.45) is 0 Å². The fourth-order valence-electron chi connectivity index (χ4n) is 4.30. The Morgan fingerprint density at radius 2 is 1.80 bits per heavy atom. The molecule has 4 heteroatoms. The van der Waals surface area contributed by atoms with Crippen LogP contribution in [0.2, 0.25) is 0 Å². The summed E-state index contributed by atoms with van der Waals surface area (Å²) in [5.41, 5.74) is 6.04. The lowest BCUT2D eigenvalue weighted by Gasteiger charge is -2.32. The number of pyridine rings is 1. The Bertz CT molecular complexity index is 1220. The molecular weight excluding hydrogens is 372 g/mol. The molecule has 2 heterocycles. The van der Waals surface area contributed by atoms with Crippen molar-refractivity contribution < 1.29 is 9.53 Å². The first kappa shape index (κ1) is 18.4. The number of aromatic nitrogens is 1. The summed E-state index contributed by atoms with van der Waals surface area (Å²) in [6.45, 7) is 0.705. The van der Waals surface area contributed by atoms with E-state index in [-0.39, 0.29) is 5.91 Å². The van der Waals surface area contributed by atoms with Gasteiger partial charge in [0.05, 0.1) is 18.3 Å². The van der Waals surface area contributed by atoms with Crippen molar-refractivity contribution in [3.63, 3.8) is 0 Å². The molecule has 30 heavy (non-hydrogen) atoms. The second kappa shape index (κ2) is 7.64. The minimum atomic E-state index is 0.0357. The SMILES string of the molecule is COc1ccc(-c2cc3ncccc3c3c2CCCN3C(=O)c2ccccc2)cc1. The van der Waals surface area contributed by atoms with Crippen molar-refractivity contribution >= 4 is 22.5 Å². The number of ether oxygens (including phenoxy) is 1. The van der Waals surface area contributed by atoms with E-state index in [9.17, 15) is 4.79 Å². The smallest absolute Gasteiger partial charge is 0.258 e. The summed E-state index contributed by atoms with van der Waals surface area (Å²) in [5, 5.41) is 1.02. The van der Waals surface area contributed by atoms with Crippen LogP contribution in [0.5, 0.6) is 5.75 Å². The van der Waals surface area contributed by atoms with E-state index in [4.69, 9.17) is 4.74 Å². The first-order chi connectivity index (χ1) is 14.8. The highest BCUT2D eigenvalue weighted by molar-refractivity contribution is 6.12. The molecule has 0 unspecified atom stereocenters. The second-order valence-corrected chi connectivity index (χ2v) is 7.48. The highest BCUT2D eigenvalue weighted by Crippen LogP contribution is 2.41. The van der Waals surface area contributed by atoms with Gasteiger partial charge in [0.25, 0.3) is 5.91 Å². The van der Waals surface area contributed by atoms with E-state index < -0.39 is 0 Å². The molecule has 1 aromatic heterocycles. The molecule has 0 fully saturated rings. The molecule has 0 atom stereocenters. The molecule has 0 radical (unpaired) electrons. The first-order valence-electron chi connectivity index (χ1n) is 10.2. The van der Waals surface area contributed by atoms with Gasteiger partial charge in [-0.15, -0.1) is 0 Å². The first-order valence-corrected chi connectivity index (χ1v) is 10.2. The quantitative estimate of drug-likeness (QED) is 0.461. The maximum Gasteiger partial charge on any atom is 0.258 e. The standard InChI is InChI=1S/C26H22N2O2/c1-30-20-13-11-18(12-14-20)23-17-24-22(9-5-15-27-24)25-21(23)10-6-16-28(25)26(29)19-7-3-2-4-8-19/h2-5,7-9,11-15,17H,6,10,16H2,1H3. The molecule has 0 saturated carbocycles. The third-order valence-electron chi connectivity index (χ3n) is 5.73. The number of benzene rings is 3. The van der Waals surface area contributed by atoms with Gasteiger partial charge in [-0.1, -0.05) is 30.3 Å². The van der Waals surface area contributed by atoms with E-state index in [0.29, 0.717) is 12.1 Å². The molecule has 5 rings (SSSR count). The number of hydrogen-bond acceptors (Lipinski definition) is 3. The van der Waals surface area contributed by atoms with Gasteiger partial charge >= 0.3 is 0 Å². The Morgan fingerprint density at radius 1 is 1.00 bits per heavy atom. The molecule has 0 aliphatic carbocycles. The summed E-state index contributed by atoms with van der Waals surface area (Å²) >= 11 is 0. The van der Waals surface area contributed by atoms with Gasteiger partial charge in [0.2, 0.25) is 0 Å². The highest BCUT2D eigenvalue weighted by atomic mass is 16.5. The van der Waals surface area contributed by atoms with E-state index in [2.05, 4.69) is 29.2 Å². The lowest BCUT2D eigenvalue weighted by molar-refractivity contribution is 0.0985. The summed E-state index contributed by atoms with van der Waals surface area (Å²) < 4.78 is 5.32. The fraction of sp³-hybridized carbons (Fsp3) is 0.154. The molecule has 0 bridgehead atoms. The predicted octanol–water partition coefficient (Wildman–Crippen LogP) is 5.50. The van der Waals surface area contributed by atoms with E-state index in [1.54, 1.807) is 13.3 Å². The Kier molecular flexibility index (Phi) is 4.68. The molecule has 1 aliphatic heterocycles. The lowest BCUT2D eigenvalue weighted by Crippen LogP contribution is -2.36. The minimum absolute atomic E-state index is 0.0357. The maximum atomic E-state index is 13.4. The molecule has 3 aromatic carbocycles. The van der Waals surface area contributed by atoms with E-state index in [1.807, 2.05) is 53.4 Å². The Morgan fingerprint density at radius 3 is 2.57 bits per heavy atom.